The van der Waals surface area contributed by atoms with E-state index >= 15 is 0 Å². The summed E-state index contributed by atoms with van der Waals surface area (Å²) in [5.74, 6) is 0.928. The predicted octanol–water partition coefficient (Wildman–Crippen LogP) is 0.702. The fraction of sp³-hybridized carbons (Fsp3) is 0.333. The number of rotatable bonds is 4. The van der Waals surface area contributed by atoms with Crippen LogP contribution in [0.15, 0.2) is 43.9 Å². The van der Waals surface area contributed by atoms with Crippen LogP contribution in [-0.4, -0.2) is 66.1 Å². The van der Waals surface area contributed by atoms with E-state index in [1.165, 1.54) is 23.9 Å². The van der Waals surface area contributed by atoms with Gasteiger partial charge in [-0.1, -0.05) is 11.2 Å². The molecule has 5 heterocycles. The highest BCUT2D eigenvalue weighted by Gasteiger charge is 2.24. The van der Waals surface area contributed by atoms with Crippen LogP contribution in [0.2, 0.25) is 0 Å². The van der Waals surface area contributed by atoms with Crippen molar-refractivity contribution >= 4 is 28.3 Å². The fourth-order valence-electron chi connectivity index (χ4n) is 3.89. The molecule has 4 aromatic heterocycles. The summed E-state index contributed by atoms with van der Waals surface area (Å²) in [5, 5.41) is 6.24. The number of pyridine rings is 1. The van der Waals surface area contributed by atoms with Gasteiger partial charge in [0.05, 0.1) is 22.4 Å². The fourth-order valence-corrected chi connectivity index (χ4v) is 4.54. The Bertz CT molecular complexity index is 1450. The summed E-state index contributed by atoms with van der Waals surface area (Å²) < 4.78 is 7.68. The van der Waals surface area contributed by atoms with Gasteiger partial charge in [-0.15, -0.1) is 11.3 Å². The van der Waals surface area contributed by atoms with Gasteiger partial charge in [-0.25, -0.2) is 9.78 Å². The molecule has 0 unspecified atom stereocenters. The van der Waals surface area contributed by atoms with Crippen molar-refractivity contribution in [3.8, 4) is 10.7 Å². The Morgan fingerprint density at radius 3 is 2.67 bits per heavy atom. The van der Waals surface area contributed by atoms with Gasteiger partial charge in [0.15, 0.2) is 0 Å². The Morgan fingerprint density at radius 1 is 1.15 bits per heavy atom. The van der Waals surface area contributed by atoms with Crippen molar-refractivity contribution in [1.82, 2.24) is 34.1 Å². The van der Waals surface area contributed by atoms with E-state index in [0.29, 0.717) is 50.0 Å². The highest BCUT2D eigenvalue weighted by atomic mass is 32.1. The smallest absolute Gasteiger partial charge is 0.332 e. The lowest BCUT2D eigenvalue weighted by Crippen LogP contribution is -2.48. The molecule has 0 radical (unpaired) electrons. The van der Waals surface area contributed by atoms with Crippen LogP contribution in [0.25, 0.3) is 21.7 Å². The van der Waals surface area contributed by atoms with Gasteiger partial charge in [-0.3, -0.25) is 23.6 Å². The van der Waals surface area contributed by atoms with Gasteiger partial charge in [0.25, 0.3) is 11.5 Å². The Hall–Kier alpha value is -3.64. The average Bonchev–Trinajstić information content (AvgIpc) is 3.53. The van der Waals surface area contributed by atoms with Crippen molar-refractivity contribution in [2.24, 2.45) is 14.1 Å². The first kappa shape index (κ1) is 21.2. The number of amides is 1. The number of piperazine rings is 1. The number of hydrogen-bond acceptors (Lipinski definition) is 9. The third-order valence-electron chi connectivity index (χ3n) is 5.77. The van der Waals surface area contributed by atoms with Gasteiger partial charge in [0, 0.05) is 46.5 Å². The molecule has 0 bridgehead atoms. The molecule has 0 N–H and O–H groups in total. The van der Waals surface area contributed by atoms with Crippen molar-refractivity contribution in [1.29, 1.82) is 0 Å². The summed E-state index contributed by atoms with van der Waals surface area (Å²) in [7, 11) is 2.95. The normalized spacial score (nSPS) is 14.8. The quantitative estimate of drug-likeness (QED) is 0.430. The lowest BCUT2D eigenvalue weighted by Gasteiger charge is -2.33. The van der Waals surface area contributed by atoms with Crippen molar-refractivity contribution < 1.29 is 9.32 Å². The maximum absolute atomic E-state index is 13.0. The molecule has 5 rings (SSSR count). The molecule has 0 spiro atoms. The number of aryl methyl sites for hydroxylation is 1. The van der Waals surface area contributed by atoms with Gasteiger partial charge in [-0.2, -0.15) is 4.98 Å². The van der Waals surface area contributed by atoms with Crippen molar-refractivity contribution in [2.75, 3.05) is 26.2 Å². The minimum Gasteiger partial charge on any atom is -0.338 e. The van der Waals surface area contributed by atoms with Crippen molar-refractivity contribution in [2.45, 2.75) is 6.54 Å². The molecule has 170 valence electrons. The largest absolute Gasteiger partial charge is 0.338 e. The van der Waals surface area contributed by atoms with Crippen LogP contribution in [0.5, 0.6) is 0 Å². The summed E-state index contributed by atoms with van der Waals surface area (Å²) in [6.45, 7) is 2.86. The third kappa shape index (κ3) is 3.87. The molecule has 0 atom stereocenters. The minimum atomic E-state index is -0.471. The molecule has 4 aromatic rings. The number of nitrogens with zero attached hydrogens (tertiary/aromatic N) is 7. The van der Waals surface area contributed by atoms with Crippen molar-refractivity contribution in [3.05, 3.63) is 62.1 Å². The second-order valence-electron chi connectivity index (χ2n) is 7.86. The van der Waals surface area contributed by atoms with E-state index < -0.39 is 11.2 Å². The van der Waals surface area contributed by atoms with E-state index in [-0.39, 0.29) is 16.9 Å². The highest BCUT2D eigenvalue weighted by molar-refractivity contribution is 7.13. The number of fused-ring (bicyclic) bond motifs is 1. The molecular weight excluding hydrogens is 446 g/mol. The number of thiophene rings is 1. The molecule has 12 heteroatoms. The summed E-state index contributed by atoms with van der Waals surface area (Å²) in [6, 6.07) is 5.40. The molecule has 1 saturated heterocycles. The number of aromatic nitrogens is 5. The molecule has 1 aliphatic heterocycles. The topological polar surface area (TPSA) is 119 Å². The molecule has 0 saturated carbocycles. The molecule has 0 aliphatic carbocycles. The molecule has 1 amide bonds. The van der Waals surface area contributed by atoms with Crippen LogP contribution in [0.4, 0.5) is 0 Å². The standard InChI is InChI=1S/C21H21N7O4S/c1-25-18-14(20(30)26(2)21(25)31)10-13(11-22-18)19(29)28-7-5-27(6-8-28)12-16-23-17(24-32-16)15-4-3-9-33-15/h3-4,9-11H,5-8,12H2,1-2H3. The maximum Gasteiger partial charge on any atom is 0.332 e. The minimum absolute atomic E-state index is 0.197. The lowest BCUT2D eigenvalue weighted by atomic mass is 10.2. The van der Waals surface area contributed by atoms with E-state index in [9.17, 15) is 14.4 Å². The van der Waals surface area contributed by atoms with E-state index in [2.05, 4.69) is 20.0 Å². The molecule has 11 nitrogen and oxygen atoms in total. The Morgan fingerprint density at radius 2 is 1.94 bits per heavy atom. The van der Waals surface area contributed by atoms with Crippen LogP contribution >= 0.6 is 11.3 Å². The third-order valence-corrected chi connectivity index (χ3v) is 6.63. The second-order valence-corrected chi connectivity index (χ2v) is 8.81. The van der Waals surface area contributed by atoms with E-state index in [1.807, 2.05) is 17.5 Å². The zero-order valence-corrected chi connectivity index (χ0v) is 18.9. The first-order valence-electron chi connectivity index (χ1n) is 10.4. The van der Waals surface area contributed by atoms with E-state index in [0.717, 1.165) is 9.44 Å². The summed E-state index contributed by atoms with van der Waals surface area (Å²) in [5.41, 5.74) is -0.351. The lowest BCUT2D eigenvalue weighted by molar-refractivity contribution is 0.0615. The van der Waals surface area contributed by atoms with Gasteiger partial charge in [0.2, 0.25) is 11.7 Å². The summed E-state index contributed by atoms with van der Waals surface area (Å²) in [6.07, 6.45) is 1.42. The summed E-state index contributed by atoms with van der Waals surface area (Å²) in [4.78, 5) is 51.1. The van der Waals surface area contributed by atoms with Gasteiger partial charge in [-0.05, 0) is 17.5 Å². The summed E-state index contributed by atoms with van der Waals surface area (Å²) >= 11 is 1.55. The maximum atomic E-state index is 13.0. The SMILES string of the molecule is Cn1c(=O)c2cc(C(=O)N3CCN(Cc4nc(-c5cccs5)no4)CC3)cnc2n(C)c1=O. The number of hydrogen-bond donors (Lipinski definition) is 0. The predicted molar refractivity (Wildman–Crippen MR) is 121 cm³/mol. The molecule has 33 heavy (non-hydrogen) atoms. The van der Waals surface area contributed by atoms with Crippen molar-refractivity contribution in [3.63, 3.8) is 0 Å². The zero-order chi connectivity index (χ0) is 23.1. The molecule has 1 aliphatic rings. The second kappa shape index (κ2) is 8.37. The van der Waals surface area contributed by atoms with Crippen LogP contribution in [0.1, 0.15) is 16.2 Å². The van der Waals surface area contributed by atoms with Crippen LogP contribution in [-0.2, 0) is 20.6 Å². The van der Waals surface area contributed by atoms with Crippen LogP contribution in [0, 0.1) is 0 Å². The molecule has 1 fully saturated rings. The Labute approximate surface area is 191 Å². The van der Waals surface area contributed by atoms with Crippen LogP contribution in [0.3, 0.4) is 0 Å². The number of carbonyl (C=O) groups is 1. The highest BCUT2D eigenvalue weighted by Crippen LogP contribution is 2.22. The average molecular weight is 468 g/mol. The monoisotopic (exact) mass is 467 g/mol. The van der Waals surface area contributed by atoms with Crippen LogP contribution < -0.4 is 11.2 Å². The Balaban J connectivity index is 1.26. The van der Waals surface area contributed by atoms with E-state index in [1.54, 1.807) is 23.3 Å². The van der Waals surface area contributed by atoms with Gasteiger partial charge < -0.3 is 9.42 Å². The zero-order valence-electron chi connectivity index (χ0n) is 18.1. The molecular formula is C21H21N7O4S. The Kier molecular flexibility index (Phi) is 5.38. The van der Waals surface area contributed by atoms with Gasteiger partial charge >= 0.3 is 5.69 Å². The number of carbonyl (C=O) groups excluding carboxylic acids is 1. The first-order valence-corrected chi connectivity index (χ1v) is 11.2. The molecule has 0 aromatic carbocycles. The van der Waals surface area contributed by atoms with E-state index in [4.69, 9.17) is 4.52 Å². The van der Waals surface area contributed by atoms with Gasteiger partial charge in [0.1, 0.15) is 5.65 Å². The first-order chi connectivity index (χ1) is 15.9.